The molecule has 150 valence electrons. The molecule has 0 saturated heterocycles. The number of nitrogens with two attached hydrogens (primary N) is 1. The van der Waals surface area contributed by atoms with Crippen LogP contribution >= 0.6 is 0 Å². The Morgan fingerprint density at radius 3 is 2.17 bits per heavy atom. The molecule has 0 aliphatic rings. The number of amidine groups is 1. The molecule has 0 aliphatic heterocycles. The van der Waals surface area contributed by atoms with Crippen LogP contribution in [0.4, 0.5) is 0 Å². The minimum absolute atomic E-state index is 0.0543. The molecular formula is C22H23N3O4. The van der Waals surface area contributed by atoms with Crippen LogP contribution in [0.2, 0.25) is 0 Å². The third-order valence-corrected chi connectivity index (χ3v) is 4.21. The van der Waals surface area contributed by atoms with Crippen molar-refractivity contribution >= 4 is 30.1 Å². The lowest BCUT2D eigenvalue weighted by atomic mass is 10.1. The van der Waals surface area contributed by atoms with Crippen LogP contribution in [0.3, 0.4) is 0 Å². The quantitative estimate of drug-likeness (QED) is 0.179. The van der Waals surface area contributed by atoms with Crippen molar-refractivity contribution < 1.29 is 19.1 Å². The fraction of sp³-hybridized carbons (Fsp3) is 0.182. The number of nitrogens with one attached hydrogen (secondary N) is 1. The molecule has 2 rings (SSSR count). The van der Waals surface area contributed by atoms with Crippen LogP contribution in [0, 0.1) is 5.41 Å². The molecule has 0 bridgehead atoms. The zero-order chi connectivity index (χ0) is 21.4. The summed E-state index contributed by atoms with van der Waals surface area (Å²) in [4.78, 5) is 36.7. The van der Waals surface area contributed by atoms with Gasteiger partial charge >= 0.3 is 5.97 Å². The fourth-order valence-corrected chi connectivity index (χ4v) is 2.59. The summed E-state index contributed by atoms with van der Waals surface area (Å²) < 4.78 is 5.31. The van der Waals surface area contributed by atoms with Crippen LogP contribution in [-0.2, 0) is 9.59 Å². The lowest BCUT2D eigenvalue weighted by Crippen LogP contribution is -2.32. The Kier molecular flexibility index (Phi) is 7.42. The van der Waals surface area contributed by atoms with Gasteiger partial charge in [0.05, 0.1) is 12.1 Å². The Bertz CT molecular complexity index is 932. The van der Waals surface area contributed by atoms with Crippen molar-refractivity contribution in [1.29, 1.82) is 5.41 Å². The summed E-state index contributed by atoms with van der Waals surface area (Å²) in [7, 11) is 0. The zero-order valence-corrected chi connectivity index (χ0v) is 16.3. The van der Waals surface area contributed by atoms with Crippen LogP contribution in [0.15, 0.2) is 54.1 Å². The Hall–Kier alpha value is -3.74. The predicted molar refractivity (Wildman–Crippen MR) is 111 cm³/mol. The molecule has 0 unspecified atom stereocenters. The number of hydrogen-bond acceptors (Lipinski definition) is 5. The van der Waals surface area contributed by atoms with Crippen molar-refractivity contribution in [3.05, 3.63) is 70.8 Å². The largest absolute Gasteiger partial charge is 0.423 e. The number of carbonyl (C=O) groups is 3. The van der Waals surface area contributed by atoms with Crippen LogP contribution < -0.4 is 10.5 Å². The first-order valence-electron chi connectivity index (χ1n) is 9.03. The van der Waals surface area contributed by atoms with E-state index in [4.69, 9.17) is 15.9 Å². The Labute approximate surface area is 169 Å². The van der Waals surface area contributed by atoms with Crippen molar-refractivity contribution in [3.63, 3.8) is 0 Å². The lowest BCUT2D eigenvalue weighted by Gasteiger charge is -2.18. The van der Waals surface area contributed by atoms with Crippen LogP contribution in [0.25, 0.3) is 6.08 Å². The molecule has 2 aromatic rings. The minimum atomic E-state index is -0.521. The van der Waals surface area contributed by atoms with Gasteiger partial charge in [0.2, 0.25) is 5.91 Å². The molecule has 0 spiro atoms. The molecule has 7 heteroatoms. The number of nitrogens with zero attached hydrogens (tertiary/aromatic N) is 1. The molecule has 1 amide bonds. The molecule has 0 heterocycles. The summed E-state index contributed by atoms with van der Waals surface area (Å²) in [5.74, 6) is -0.446. The Balaban J connectivity index is 2.06. The summed E-state index contributed by atoms with van der Waals surface area (Å²) in [5, 5.41) is 7.36. The van der Waals surface area contributed by atoms with Crippen molar-refractivity contribution in [2.45, 2.75) is 13.8 Å². The Morgan fingerprint density at radius 2 is 1.66 bits per heavy atom. The number of rotatable bonds is 8. The van der Waals surface area contributed by atoms with E-state index in [-0.39, 0.29) is 18.3 Å². The van der Waals surface area contributed by atoms with Gasteiger partial charge in [-0.1, -0.05) is 12.1 Å². The van der Waals surface area contributed by atoms with E-state index in [0.29, 0.717) is 35.3 Å². The molecule has 0 atom stereocenters. The molecular weight excluding hydrogens is 370 g/mol. The lowest BCUT2D eigenvalue weighted by molar-refractivity contribution is -0.129. The van der Waals surface area contributed by atoms with Crippen molar-refractivity contribution in [2.75, 3.05) is 13.1 Å². The van der Waals surface area contributed by atoms with Gasteiger partial charge in [0, 0.05) is 17.7 Å². The molecule has 0 aromatic heterocycles. The highest BCUT2D eigenvalue weighted by molar-refractivity contribution is 5.98. The maximum atomic E-state index is 12.3. The monoisotopic (exact) mass is 393 g/mol. The van der Waals surface area contributed by atoms with Gasteiger partial charge in [-0.15, -0.1) is 0 Å². The molecule has 3 N–H and O–H groups in total. The number of nitrogen functional groups attached to an aromatic ring is 1. The average molecular weight is 393 g/mol. The smallest absolute Gasteiger partial charge is 0.343 e. The highest BCUT2D eigenvalue weighted by Crippen LogP contribution is 2.16. The van der Waals surface area contributed by atoms with Gasteiger partial charge in [0.15, 0.2) is 0 Å². The summed E-state index contributed by atoms with van der Waals surface area (Å²) in [6.45, 7) is 3.99. The third-order valence-electron chi connectivity index (χ3n) is 4.21. The maximum Gasteiger partial charge on any atom is 0.343 e. The van der Waals surface area contributed by atoms with E-state index in [2.05, 4.69) is 0 Å². The highest BCUT2D eigenvalue weighted by atomic mass is 16.5. The first-order valence-corrected chi connectivity index (χ1v) is 9.03. The number of aldehydes is 1. The summed E-state index contributed by atoms with van der Waals surface area (Å²) >= 11 is 0. The van der Waals surface area contributed by atoms with Crippen molar-refractivity contribution in [3.8, 4) is 5.75 Å². The minimum Gasteiger partial charge on any atom is -0.423 e. The second-order valence-corrected chi connectivity index (χ2v) is 6.29. The van der Waals surface area contributed by atoms with Gasteiger partial charge in [0.25, 0.3) is 0 Å². The molecule has 2 aromatic carbocycles. The number of likely N-dealkylation sites (N-methyl/N-ethyl adjacent to an activating group) is 1. The number of amides is 1. The second-order valence-electron chi connectivity index (χ2n) is 6.29. The van der Waals surface area contributed by atoms with Gasteiger partial charge < -0.3 is 20.2 Å². The number of ether oxygens (including phenoxy) is 1. The molecule has 0 saturated carbocycles. The van der Waals surface area contributed by atoms with Crippen molar-refractivity contribution in [1.82, 2.24) is 4.90 Å². The fourth-order valence-electron chi connectivity index (χ4n) is 2.59. The predicted octanol–water partition coefficient (Wildman–Crippen LogP) is 2.64. The van der Waals surface area contributed by atoms with E-state index in [1.807, 2.05) is 6.92 Å². The van der Waals surface area contributed by atoms with E-state index in [1.165, 1.54) is 4.90 Å². The van der Waals surface area contributed by atoms with Gasteiger partial charge in [-0.05, 0) is 61.9 Å². The third kappa shape index (κ3) is 5.87. The molecule has 0 radical (unpaired) electrons. The normalized spacial score (nSPS) is 10.9. The summed E-state index contributed by atoms with van der Waals surface area (Å²) in [6.07, 6.45) is 2.40. The standard InChI is InChI=1S/C22H23N3O4/c1-3-25(12-13-26)21(27)15(2)14-16-4-6-18(7-5-16)22(28)29-19-10-8-17(9-11-19)20(23)24/h4-11,13-14H,3,12H2,1-2H3,(H3,23,24)/b15-14+. The van der Waals surface area contributed by atoms with E-state index >= 15 is 0 Å². The average Bonchev–Trinajstić information content (AvgIpc) is 2.72. The van der Waals surface area contributed by atoms with Gasteiger partial charge in [-0.3, -0.25) is 10.2 Å². The molecule has 7 nitrogen and oxygen atoms in total. The van der Waals surface area contributed by atoms with Crippen LogP contribution in [-0.4, -0.2) is 42.0 Å². The number of hydrogen-bond donors (Lipinski definition) is 2. The molecule has 0 fully saturated rings. The van der Waals surface area contributed by atoms with E-state index < -0.39 is 5.97 Å². The van der Waals surface area contributed by atoms with E-state index in [0.717, 1.165) is 5.56 Å². The van der Waals surface area contributed by atoms with E-state index in [1.54, 1.807) is 61.5 Å². The van der Waals surface area contributed by atoms with Gasteiger partial charge in [-0.25, -0.2) is 4.79 Å². The van der Waals surface area contributed by atoms with E-state index in [9.17, 15) is 14.4 Å². The topological polar surface area (TPSA) is 114 Å². The molecule has 0 aliphatic carbocycles. The van der Waals surface area contributed by atoms with Gasteiger partial charge in [-0.2, -0.15) is 0 Å². The first-order chi connectivity index (χ1) is 13.8. The number of esters is 1. The van der Waals surface area contributed by atoms with Crippen molar-refractivity contribution in [2.24, 2.45) is 5.73 Å². The second kappa shape index (κ2) is 9.98. The summed E-state index contributed by atoms with van der Waals surface area (Å²) in [6, 6.07) is 13.0. The maximum absolute atomic E-state index is 12.3. The highest BCUT2D eigenvalue weighted by Gasteiger charge is 2.13. The number of carbonyl (C=O) groups excluding carboxylic acids is 3. The van der Waals surface area contributed by atoms with Gasteiger partial charge in [0.1, 0.15) is 17.9 Å². The number of benzene rings is 2. The Morgan fingerprint density at radius 1 is 1.07 bits per heavy atom. The summed E-state index contributed by atoms with van der Waals surface area (Å²) in [5.41, 5.74) is 7.54. The molecule has 29 heavy (non-hydrogen) atoms. The van der Waals surface area contributed by atoms with Crippen LogP contribution in [0.5, 0.6) is 5.75 Å². The first kappa shape index (κ1) is 21.6. The van der Waals surface area contributed by atoms with Crippen LogP contribution in [0.1, 0.15) is 35.3 Å². The SMILES string of the molecule is CCN(CC=O)C(=O)/C(C)=C/c1ccc(C(=O)Oc2ccc(C(=N)N)cc2)cc1. The zero-order valence-electron chi connectivity index (χ0n) is 16.3.